The van der Waals surface area contributed by atoms with Gasteiger partial charge in [-0.1, -0.05) is 54.6 Å². The van der Waals surface area contributed by atoms with Crippen molar-refractivity contribution in [1.29, 1.82) is 0 Å². The molecule has 0 radical (unpaired) electrons. The Hall–Kier alpha value is -3.73. The van der Waals surface area contributed by atoms with E-state index in [0.29, 0.717) is 6.54 Å². The van der Waals surface area contributed by atoms with Crippen LogP contribution in [-0.2, 0) is 25.6 Å². The van der Waals surface area contributed by atoms with Gasteiger partial charge in [-0.3, -0.25) is 0 Å². The van der Waals surface area contributed by atoms with E-state index in [9.17, 15) is 26.4 Å². The van der Waals surface area contributed by atoms with Crippen molar-refractivity contribution in [2.24, 2.45) is 0 Å². The summed E-state index contributed by atoms with van der Waals surface area (Å²) in [6.07, 6.45) is 0.830. The lowest BCUT2D eigenvalue weighted by molar-refractivity contribution is -0.0509. The van der Waals surface area contributed by atoms with Crippen LogP contribution in [0.3, 0.4) is 0 Å². The van der Waals surface area contributed by atoms with Gasteiger partial charge in [-0.2, -0.15) is 21.6 Å². The van der Waals surface area contributed by atoms with E-state index in [0.717, 1.165) is 11.6 Å². The fraction of sp³-hybridized carbons (Fsp3) is 0.296. The third-order valence-electron chi connectivity index (χ3n) is 5.14. The van der Waals surface area contributed by atoms with E-state index in [2.05, 4.69) is 22.4 Å². The van der Waals surface area contributed by atoms with E-state index in [4.69, 9.17) is 9.47 Å². The lowest BCUT2D eigenvalue weighted by atomic mass is 10.0. The minimum Gasteiger partial charge on any atom is -0.489 e. The molecular weight excluding hydrogens is 523 g/mol. The molecule has 0 N–H and O–H groups in total. The smallest absolute Gasteiger partial charge is 0.489 e. The molecule has 3 aromatic carbocycles. The zero-order valence-electron chi connectivity index (χ0n) is 21.3. The van der Waals surface area contributed by atoms with Crippen LogP contribution in [0.15, 0.2) is 72.8 Å². The van der Waals surface area contributed by atoms with Gasteiger partial charge in [0.05, 0.1) is 5.56 Å². The normalized spacial score (nSPS) is 13.3. The summed E-state index contributed by atoms with van der Waals surface area (Å²) in [7, 11) is -3.90. The maximum Gasteiger partial charge on any atom is 0.534 e. The molecule has 1 aliphatic rings. The Bertz CT molecular complexity index is 1420. The summed E-state index contributed by atoms with van der Waals surface area (Å²) in [5.41, 5.74) is -4.64. The van der Waals surface area contributed by atoms with Crippen LogP contribution in [0.5, 0.6) is 5.75 Å². The molecule has 204 valence electrons. The van der Waals surface area contributed by atoms with Crippen molar-refractivity contribution >= 4 is 32.7 Å². The first-order valence-electron chi connectivity index (χ1n) is 11.5. The molecule has 3 aromatic rings. The van der Waals surface area contributed by atoms with Crippen molar-refractivity contribution in [3.63, 3.8) is 0 Å². The molecule has 7 nitrogen and oxygen atoms in total. The van der Waals surface area contributed by atoms with Crippen LogP contribution in [-0.4, -0.2) is 44.2 Å². The van der Waals surface area contributed by atoms with Crippen molar-refractivity contribution in [2.75, 3.05) is 13.7 Å². The number of halogens is 3. The van der Waals surface area contributed by atoms with Gasteiger partial charge in [0.15, 0.2) is 5.76 Å². The number of alkyl halides is 3. The van der Waals surface area contributed by atoms with E-state index in [1.165, 1.54) is 29.0 Å². The molecule has 1 heterocycles. The number of hydrogen-bond acceptors (Lipinski definition) is 6. The van der Waals surface area contributed by atoms with Crippen molar-refractivity contribution in [2.45, 2.75) is 38.4 Å². The molecule has 0 saturated carbocycles. The number of para-hydroxylation sites is 1. The number of fused-ring (bicyclic) bond motifs is 2. The molecule has 4 rings (SSSR count). The number of benzene rings is 3. The third kappa shape index (κ3) is 7.41. The van der Waals surface area contributed by atoms with Crippen molar-refractivity contribution in [1.82, 2.24) is 4.90 Å². The summed E-state index contributed by atoms with van der Waals surface area (Å²) >= 11 is 0. The molecular formula is C27H28F3NO6S. The fourth-order valence-electron chi connectivity index (χ4n) is 3.45. The molecule has 1 amide bonds. The molecule has 38 heavy (non-hydrogen) atoms. The quantitative estimate of drug-likeness (QED) is 0.272. The SMILES string of the molecule is CN(Cc1cccc2ccccc12)C(=O)OC(C)(C)C.O=S(=O)(OC1=CCOc2ccccc21)C(F)(F)F. The largest absolute Gasteiger partial charge is 0.534 e. The molecule has 0 bridgehead atoms. The Balaban J connectivity index is 0.000000212. The Morgan fingerprint density at radius 3 is 2.29 bits per heavy atom. The number of ether oxygens (including phenoxy) is 2. The molecule has 0 saturated heterocycles. The van der Waals surface area contributed by atoms with Crippen LogP contribution in [0.2, 0.25) is 0 Å². The maximum absolute atomic E-state index is 12.2. The fourth-order valence-corrected chi connectivity index (χ4v) is 3.94. The topological polar surface area (TPSA) is 82.1 Å². The summed E-state index contributed by atoms with van der Waals surface area (Å²) in [5.74, 6) is -0.110. The monoisotopic (exact) mass is 551 g/mol. The number of nitrogens with zero attached hydrogens (tertiary/aromatic N) is 1. The summed E-state index contributed by atoms with van der Waals surface area (Å²) in [6, 6.07) is 20.4. The predicted molar refractivity (Wildman–Crippen MR) is 138 cm³/mol. The Morgan fingerprint density at radius 2 is 1.61 bits per heavy atom. The van der Waals surface area contributed by atoms with Gasteiger partial charge in [0.2, 0.25) is 0 Å². The number of amides is 1. The van der Waals surface area contributed by atoms with Gasteiger partial charge in [0.25, 0.3) is 0 Å². The number of carbonyl (C=O) groups excluding carboxylic acids is 1. The maximum atomic E-state index is 12.2. The van der Waals surface area contributed by atoms with Crippen molar-refractivity contribution in [3.05, 3.63) is 83.9 Å². The van der Waals surface area contributed by atoms with Crippen LogP contribution >= 0.6 is 0 Å². The molecule has 0 fully saturated rings. The molecule has 11 heteroatoms. The molecule has 1 aliphatic heterocycles. The van der Waals surface area contributed by atoms with Gasteiger partial charge < -0.3 is 18.6 Å². The molecule has 0 aliphatic carbocycles. The second-order valence-electron chi connectivity index (χ2n) is 9.33. The highest BCUT2D eigenvalue weighted by Crippen LogP contribution is 2.35. The summed E-state index contributed by atoms with van der Waals surface area (Å²) in [5, 5.41) is 2.35. The first kappa shape index (κ1) is 28.8. The lowest BCUT2D eigenvalue weighted by Crippen LogP contribution is -2.33. The van der Waals surface area contributed by atoms with E-state index in [1.807, 2.05) is 45.0 Å². The number of hydrogen-bond donors (Lipinski definition) is 0. The third-order valence-corrected chi connectivity index (χ3v) is 6.10. The van der Waals surface area contributed by atoms with E-state index in [-0.39, 0.29) is 29.8 Å². The first-order chi connectivity index (χ1) is 17.7. The number of carbonyl (C=O) groups is 1. The van der Waals surface area contributed by atoms with Gasteiger partial charge in [0, 0.05) is 13.6 Å². The lowest BCUT2D eigenvalue weighted by Gasteiger charge is -2.25. The Morgan fingerprint density at radius 1 is 0.974 bits per heavy atom. The van der Waals surface area contributed by atoms with Crippen molar-refractivity contribution < 1.29 is 40.0 Å². The molecule has 0 spiro atoms. The molecule has 0 atom stereocenters. The van der Waals surface area contributed by atoms with Crippen LogP contribution in [0.1, 0.15) is 31.9 Å². The summed E-state index contributed by atoms with van der Waals surface area (Å²) in [4.78, 5) is 13.6. The highest BCUT2D eigenvalue weighted by molar-refractivity contribution is 7.87. The molecule has 0 aromatic heterocycles. The zero-order chi connectivity index (χ0) is 28.1. The van der Waals surface area contributed by atoms with Gasteiger partial charge in [-0.25, -0.2) is 4.79 Å². The van der Waals surface area contributed by atoms with E-state index in [1.54, 1.807) is 18.0 Å². The molecule has 0 unspecified atom stereocenters. The van der Waals surface area contributed by atoms with Gasteiger partial charge in [0.1, 0.15) is 18.0 Å². The average molecular weight is 552 g/mol. The van der Waals surface area contributed by atoms with Gasteiger partial charge >= 0.3 is 21.7 Å². The van der Waals surface area contributed by atoms with E-state index >= 15 is 0 Å². The first-order valence-corrected chi connectivity index (χ1v) is 12.9. The van der Waals surface area contributed by atoms with Crippen LogP contribution in [0.4, 0.5) is 18.0 Å². The second kappa shape index (κ2) is 11.3. The second-order valence-corrected chi connectivity index (χ2v) is 10.9. The van der Waals surface area contributed by atoms with Crippen LogP contribution < -0.4 is 4.74 Å². The van der Waals surface area contributed by atoms with Crippen LogP contribution in [0, 0.1) is 0 Å². The Labute approximate surface area is 219 Å². The zero-order valence-corrected chi connectivity index (χ0v) is 22.1. The predicted octanol–water partition coefficient (Wildman–Crippen LogP) is 6.49. The number of rotatable bonds is 4. The Kier molecular flexibility index (Phi) is 8.61. The minimum atomic E-state index is -5.66. The van der Waals surface area contributed by atoms with Crippen molar-refractivity contribution in [3.8, 4) is 5.75 Å². The summed E-state index contributed by atoms with van der Waals surface area (Å²) < 4.78 is 73.0. The van der Waals surface area contributed by atoms with Crippen LogP contribution in [0.25, 0.3) is 16.5 Å². The van der Waals surface area contributed by atoms with E-state index < -0.39 is 21.2 Å². The minimum absolute atomic E-state index is 0.0558. The van der Waals surface area contributed by atoms with Gasteiger partial charge in [-0.05, 0) is 55.3 Å². The summed E-state index contributed by atoms with van der Waals surface area (Å²) in [6.45, 7) is 6.10. The standard InChI is InChI=1S/C17H21NO2.C10H7F3O4S/c1-17(2,3)20-16(19)18(4)12-14-10-7-9-13-8-5-6-11-15(13)14;11-10(12,13)18(14,15)17-9-5-6-16-8-4-2-1-3-7(8)9/h5-11H,12H2,1-4H3;1-5H,6H2. The highest BCUT2D eigenvalue weighted by Gasteiger charge is 2.49. The highest BCUT2D eigenvalue weighted by atomic mass is 32.2. The van der Waals surface area contributed by atoms with Gasteiger partial charge in [-0.15, -0.1) is 0 Å². The average Bonchev–Trinajstić information content (AvgIpc) is 2.83.